The number of anilines is 1. The van der Waals surface area contributed by atoms with Crippen molar-refractivity contribution in [2.24, 2.45) is 0 Å². The molecule has 9 nitrogen and oxygen atoms in total. The number of aromatic nitrogens is 4. The van der Waals surface area contributed by atoms with E-state index in [2.05, 4.69) is 20.4 Å². The molecular formula is C20H15ClN6O3. The zero-order valence-electron chi connectivity index (χ0n) is 15.7. The first-order chi connectivity index (χ1) is 14.4. The van der Waals surface area contributed by atoms with Gasteiger partial charge in [-0.2, -0.15) is 5.10 Å². The van der Waals surface area contributed by atoms with Crippen molar-refractivity contribution in [1.82, 2.24) is 19.7 Å². The Hall–Kier alpha value is -3.85. The summed E-state index contributed by atoms with van der Waals surface area (Å²) in [5, 5.41) is 19.4. The van der Waals surface area contributed by atoms with Crippen LogP contribution < -0.4 is 5.32 Å². The van der Waals surface area contributed by atoms with Crippen molar-refractivity contribution < 1.29 is 9.72 Å². The fraction of sp³-hybridized carbons (Fsp3) is 0.100. The highest BCUT2D eigenvalue weighted by Gasteiger charge is 2.16. The predicted octanol–water partition coefficient (Wildman–Crippen LogP) is 4.06. The van der Waals surface area contributed by atoms with Gasteiger partial charge in [0.25, 0.3) is 5.69 Å². The second-order valence-electron chi connectivity index (χ2n) is 6.54. The molecule has 0 atom stereocenters. The van der Waals surface area contributed by atoms with E-state index >= 15 is 0 Å². The Labute approximate surface area is 175 Å². The molecule has 0 saturated heterocycles. The number of fused-ring (bicyclic) bond motifs is 1. The number of hydrogen-bond acceptors (Lipinski definition) is 6. The molecule has 0 aliphatic carbocycles. The van der Waals surface area contributed by atoms with Gasteiger partial charge in [0, 0.05) is 35.8 Å². The summed E-state index contributed by atoms with van der Waals surface area (Å²) in [6.45, 7) is 1.77. The summed E-state index contributed by atoms with van der Waals surface area (Å²) in [5.74, 6) is 0.191. The SMILES string of the molecule is CC(=O)Nc1nc(-c2cccc([N+](=O)[O-])c2)nc2nn(Cc3ccccc3Cl)cc12. The lowest BCUT2D eigenvalue weighted by molar-refractivity contribution is -0.384. The van der Waals surface area contributed by atoms with Crippen LogP contribution in [0.1, 0.15) is 12.5 Å². The number of benzene rings is 2. The summed E-state index contributed by atoms with van der Waals surface area (Å²) in [5.41, 5.74) is 1.59. The molecule has 0 bridgehead atoms. The molecule has 2 aromatic carbocycles. The van der Waals surface area contributed by atoms with E-state index in [9.17, 15) is 14.9 Å². The van der Waals surface area contributed by atoms with E-state index in [1.165, 1.54) is 19.1 Å². The summed E-state index contributed by atoms with van der Waals surface area (Å²) in [6.07, 6.45) is 1.72. The van der Waals surface area contributed by atoms with E-state index in [-0.39, 0.29) is 23.2 Å². The lowest BCUT2D eigenvalue weighted by Crippen LogP contribution is -2.09. The molecule has 0 saturated carbocycles. The van der Waals surface area contributed by atoms with Crippen molar-refractivity contribution >= 4 is 40.0 Å². The maximum Gasteiger partial charge on any atom is 0.270 e. The van der Waals surface area contributed by atoms with E-state index in [4.69, 9.17) is 11.6 Å². The lowest BCUT2D eigenvalue weighted by atomic mass is 10.2. The van der Waals surface area contributed by atoms with Crippen LogP contribution >= 0.6 is 11.6 Å². The van der Waals surface area contributed by atoms with Gasteiger partial charge in [-0.25, -0.2) is 9.97 Å². The number of nitrogens with zero attached hydrogens (tertiary/aromatic N) is 5. The third-order valence-corrected chi connectivity index (χ3v) is 4.70. The van der Waals surface area contributed by atoms with Crippen LogP contribution in [0.3, 0.4) is 0 Å². The first-order valence-electron chi connectivity index (χ1n) is 8.92. The van der Waals surface area contributed by atoms with Gasteiger partial charge in [-0.3, -0.25) is 19.6 Å². The summed E-state index contributed by atoms with van der Waals surface area (Å²) in [4.78, 5) is 31.1. The van der Waals surface area contributed by atoms with E-state index in [0.717, 1.165) is 5.56 Å². The number of nitrogens with one attached hydrogen (secondary N) is 1. The van der Waals surface area contributed by atoms with Gasteiger partial charge in [-0.1, -0.05) is 41.9 Å². The van der Waals surface area contributed by atoms with Crippen LogP contribution in [0, 0.1) is 10.1 Å². The standard InChI is InChI=1S/C20H15ClN6O3/c1-12(28)22-19-16-11-26(10-14-5-2-3-8-17(14)21)25-20(16)24-18(23-19)13-6-4-7-15(9-13)27(29)30/h2-9,11H,10H2,1H3,(H,22,23,24,25,28). The number of amides is 1. The minimum atomic E-state index is -0.491. The quantitative estimate of drug-likeness (QED) is 0.383. The zero-order chi connectivity index (χ0) is 21.3. The van der Waals surface area contributed by atoms with Gasteiger partial charge in [-0.15, -0.1) is 0 Å². The molecule has 4 rings (SSSR count). The number of non-ortho nitro benzene ring substituents is 1. The molecule has 2 heterocycles. The molecule has 4 aromatic rings. The number of carbonyl (C=O) groups excluding carboxylic acids is 1. The number of rotatable bonds is 5. The van der Waals surface area contributed by atoms with Crippen LogP contribution in [0.5, 0.6) is 0 Å². The number of carbonyl (C=O) groups is 1. The van der Waals surface area contributed by atoms with Gasteiger partial charge in [0.2, 0.25) is 5.91 Å². The highest BCUT2D eigenvalue weighted by atomic mass is 35.5. The molecule has 30 heavy (non-hydrogen) atoms. The number of hydrogen-bond donors (Lipinski definition) is 1. The summed E-state index contributed by atoms with van der Waals surface area (Å²) in [6, 6.07) is 13.4. The molecule has 0 spiro atoms. The number of nitro groups is 1. The Kier molecular flexibility index (Phi) is 5.11. The Morgan fingerprint density at radius 3 is 2.73 bits per heavy atom. The molecule has 0 radical (unpaired) electrons. The largest absolute Gasteiger partial charge is 0.310 e. The van der Waals surface area contributed by atoms with Crippen molar-refractivity contribution in [1.29, 1.82) is 0 Å². The van der Waals surface area contributed by atoms with E-state index in [1.807, 2.05) is 18.2 Å². The van der Waals surface area contributed by atoms with Crippen LogP contribution in [0.15, 0.2) is 54.7 Å². The average molecular weight is 423 g/mol. The second-order valence-corrected chi connectivity index (χ2v) is 6.95. The van der Waals surface area contributed by atoms with Crippen LogP contribution in [0.25, 0.3) is 22.4 Å². The predicted molar refractivity (Wildman–Crippen MR) is 112 cm³/mol. The number of nitro benzene ring substituents is 1. The average Bonchev–Trinajstić information content (AvgIpc) is 3.12. The summed E-state index contributed by atoms with van der Waals surface area (Å²) in [7, 11) is 0. The molecule has 0 unspecified atom stereocenters. The van der Waals surface area contributed by atoms with Gasteiger partial charge >= 0.3 is 0 Å². The Morgan fingerprint density at radius 1 is 1.20 bits per heavy atom. The third-order valence-electron chi connectivity index (χ3n) is 4.33. The maximum atomic E-state index is 11.7. The molecule has 10 heteroatoms. The number of halogens is 1. The van der Waals surface area contributed by atoms with Crippen molar-refractivity contribution in [3.8, 4) is 11.4 Å². The maximum absolute atomic E-state index is 11.7. The van der Waals surface area contributed by atoms with Crippen molar-refractivity contribution in [2.45, 2.75) is 13.5 Å². The molecule has 0 fully saturated rings. The fourth-order valence-electron chi connectivity index (χ4n) is 2.98. The van der Waals surface area contributed by atoms with Crippen molar-refractivity contribution in [2.75, 3.05) is 5.32 Å². The van der Waals surface area contributed by atoms with Crippen LogP contribution in [0.4, 0.5) is 11.5 Å². The first kappa shape index (κ1) is 19.5. The minimum Gasteiger partial charge on any atom is -0.310 e. The van der Waals surface area contributed by atoms with Crippen molar-refractivity contribution in [3.05, 3.63) is 75.4 Å². The monoisotopic (exact) mass is 422 g/mol. The highest BCUT2D eigenvalue weighted by molar-refractivity contribution is 6.31. The molecular weight excluding hydrogens is 408 g/mol. The van der Waals surface area contributed by atoms with E-state index in [1.54, 1.807) is 29.1 Å². The van der Waals surface area contributed by atoms with Crippen LogP contribution in [0.2, 0.25) is 5.02 Å². The van der Waals surface area contributed by atoms with Crippen molar-refractivity contribution in [3.63, 3.8) is 0 Å². The molecule has 1 amide bonds. The van der Waals surface area contributed by atoms with Gasteiger partial charge < -0.3 is 5.32 Å². The summed E-state index contributed by atoms with van der Waals surface area (Å²) < 4.78 is 1.66. The highest BCUT2D eigenvalue weighted by Crippen LogP contribution is 2.27. The molecule has 0 aliphatic heterocycles. The second kappa shape index (κ2) is 7.88. The molecule has 1 N–H and O–H groups in total. The first-order valence-corrected chi connectivity index (χ1v) is 9.29. The fourth-order valence-corrected chi connectivity index (χ4v) is 3.18. The Bertz CT molecular complexity index is 1290. The smallest absolute Gasteiger partial charge is 0.270 e. The lowest BCUT2D eigenvalue weighted by Gasteiger charge is -2.05. The minimum absolute atomic E-state index is 0.0819. The topological polar surface area (TPSA) is 116 Å². The zero-order valence-corrected chi connectivity index (χ0v) is 16.5. The molecule has 2 aromatic heterocycles. The van der Waals surface area contributed by atoms with Crippen LogP contribution in [-0.2, 0) is 11.3 Å². The van der Waals surface area contributed by atoms with E-state index < -0.39 is 4.92 Å². The van der Waals surface area contributed by atoms with Gasteiger partial charge in [0.05, 0.1) is 16.9 Å². The van der Waals surface area contributed by atoms with Gasteiger partial charge in [0.1, 0.15) is 5.82 Å². The Balaban J connectivity index is 1.81. The van der Waals surface area contributed by atoms with Gasteiger partial charge in [0.15, 0.2) is 11.5 Å². The summed E-state index contributed by atoms with van der Waals surface area (Å²) >= 11 is 6.24. The molecule has 0 aliphatic rings. The van der Waals surface area contributed by atoms with Gasteiger partial charge in [-0.05, 0) is 11.6 Å². The normalized spacial score (nSPS) is 10.9. The van der Waals surface area contributed by atoms with E-state index in [0.29, 0.717) is 28.2 Å². The Morgan fingerprint density at radius 2 is 2.00 bits per heavy atom. The third kappa shape index (κ3) is 3.96. The molecule has 150 valence electrons. The van der Waals surface area contributed by atoms with Crippen LogP contribution in [-0.4, -0.2) is 30.6 Å².